The fourth-order valence-electron chi connectivity index (χ4n) is 2.75. The maximum Gasteiger partial charge on any atom is 0.224 e. The highest BCUT2D eigenvalue weighted by Gasteiger charge is 2.15. The number of hydrogen-bond donors (Lipinski definition) is 1. The van der Waals surface area contributed by atoms with E-state index in [0.29, 0.717) is 19.5 Å². The van der Waals surface area contributed by atoms with Gasteiger partial charge in [0.05, 0.1) is 6.54 Å². The van der Waals surface area contributed by atoms with Crippen LogP contribution >= 0.6 is 24.0 Å². The Bertz CT molecular complexity index is 515. The Hall–Kier alpha value is -1.31. The van der Waals surface area contributed by atoms with Crippen LogP contribution in [0.2, 0.25) is 0 Å². The summed E-state index contributed by atoms with van der Waals surface area (Å²) in [6, 6.07) is 10.1. The highest BCUT2D eigenvalue weighted by Crippen LogP contribution is 2.08. The van der Waals surface area contributed by atoms with E-state index in [2.05, 4.69) is 22.1 Å². The van der Waals surface area contributed by atoms with Crippen LogP contribution in [-0.4, -0.2) is 54.9 Å². The molecule has 1 fully saturated rings. The van der Waals surface area contributed by atoms with Gasteiger partial charge in [0.1, 0.15) is 0 Å². The molecule has 134 valence electrons. The molecule has 2 rings (SSSR count). The van der Waals surface area contributed by atoms with Gasteiger partial charge in [0, 0.05) is 39.6 Å². The largest absolute Gasteiger partial charge is 0.357 e. The van der Waals surface area contributed by atoms with Crippen molar-refractivity contribution in [3.05, 3.63) is 35.9 Å². The topological polar surface area (TPSA) is 47.9 Å². The summed E-state index contributed by atoms with van der Waals surface area (Å²) < 4.78 is 0. The van der Waals surface area contributed by atoms with Crippen molar-refractivity contribution in [3.63, 3.8) is 0 Å². The molecule has 1 aromatic carbocycles. The van der Waals surface area contributed by atoms with Gasteiger partial charge in [0.15, 0.2) is 5.96 Å². The van der Waals surface area contributed by atoms with Gasteiger partial charge in [0.2, 0.25) is 5.91 Å². The summed E-state index contributed by atoms with van der Waals surface area (Å²) in [6.07, 6.45) is 2.90. The second kappa shape index (κ2) is 11.3. The predicted octanol–water partition coefficient (Wildman–Crippen LogP) is 2.71. The SMILES string of the molecule is CCNC(=NCCC(=O)N(C)Cc1ccccc1)N1CCCC1.I. The molecule has 0 bridgehead atoms. The zero-order valence-corrected chi connectivity index (χ0v) is 17.0. The van der Waals surface area contributed by atoms with E-state index in [-0.39, 0.29) is 29.9 Å². The first-order valence-corrected chi connectivity index (χ1v) is 8.52. The number of carbonyl (C=O) groups excluding carboxylic acids is 1. The van der Waals surface area contributed by atoms with E-state index in [4.69, 9.17) is 0 Å². The van der Waals surface area contributed by atoms with Crippen molar-refractivity contribution < 1.29 is 4.79 Å². The average Bonchev–Trinajstić information content (AvgIpc) is 3.09. The monoisotopic (exact) mass is 444 g/mol. The highest BCUT2D eigenvalue weighted by molar-refractivity contribution is 14.0. The van der Waals surface area contributed by atoms with Gasteiger partial charge in [0.25, 0.3) is 0 Å². The van der Waals surface area contributed by atoms with Gasteiger partial charge in [-0.2, -0.15) is 0 Å². The minimum absolute atomic E-state index is 0. The number of nitrogens with zero attached hydrogens (tertiary/aromatic N) is 3. The first-order chi connectivity index (χ1) is 11.2. The molecule has 0 atom stereocenters. The molecule has 0 aliphatic carbocycles. The van der Waals surface area contributed by atoms with Crippen LogP contribution < -0.4 is 5.32 Å². The standard InChI is InChI=1S/C18H28N4O.HI/c1-3-19-18(22-13-7-8-14-22)20-12-11-17(23)21(2)15-16-9-5-4-6-10-16;/h4-6,9-10H,3,7-8,11-15H2,1-2H3,(H,19,20);1H. The fraction of sp³-hybridized carbons (Fsp3) is 0.556. The molecule has 1 saturated heterocycles. The first-order valence-electron chi connectivity index (χ1n) is 8.52. The van der Waals surface area contributed by atoms with Gasteiger partial charge in [-0.1, -0.05) is 30.3 Å². The van der Waals surface area contributed by atoms with E-state index in [9.17, 15) is 4.79 Å². The van der Waals surface area contributed by atoms with E-state index < -0.39 is 0 Å². The summed E-state index contributed by atoms with van der Waals surface area (Å²) in [5.74, 6) is 1.08. The maximum atomic E-state index is 12.2. The minimum Gasteiger partial charge on any atom is -0.357 e. The number of amides is 1. The summed E-state index contributed by atoms with van der Waals surface area (Å²) in [7, 11) is 1.85. The normalized spacial score (nSPS) is 14.2. The van der Waals surface area contributed by atoms with Gasteiger partial charge < -0.3 is 15.1 Å². The summed E-state index contributed by atoms with van der Waals surface area (Å²) in [5, 5.41) is 3.32. The predicted molar refractivity (Wildman–Crippen MR) is 110 cm³/mol. The number of guanidine groups is 1. The van der Waals surface area contributed by atoms with Gasteiger partial charge in [-0.3, -0.25) is 9.79 Å². The lowest BCUT2D eigenvalue weighted by Crippen LogP contribution is -2.39. The molecular weight excluding hydrogens is 415 g/mol. The van der Waals surface area contributed by atoms with E-state index in [1.807, 2.05) is 37.4 Å². The number of likely N-dealkylation sites (tertiary alicyclic amines) is 1. The lowest BCUT2D eigenvalue weighted by atomic mass is 10.2. The Kier molecular flexibility index (Phi) is 9.75. The smallest absolute Gasteiger partial charge is 0.224 e. The zero-order chi connectivity index (χ0) is 16.5. The molecule has 6 heteroatoms. The maximum absolute atomic E-state index is 12.2. The van der Waals surface area contributed by atoms with Crippen molar-refractivity contribution >= 4 is 35.8 Å². The molecule has 0 spiro atoms. The van der Waals surface area contributed by atoms with Crippen LogP contribution in [0.3, 0.4) is 0 Å². The molecular formula is C18H29IN4O. The van der Waals surface area contributed by atoms with Crippen molar-refractivity contribution in [1.29, 1.82) is 0 Å². The lowest BCUT2D eigenvalue weighted by molar-refractivity contribution is -0.130. The van der Waals surface area contributed by atoms with Crippen molar-refractivity contribution in [2.24, 2.45) is 4.99 Å². The molecule has 1 N–H and O–H groups in total. The van der Waals surface area contributed by atoms with Gasteiger partial charge in [-0.05, 0) is 25.3 Å². The zero-order valence-electron chi connectivity index (χ0n) is 14.7. The third-order valence-electron chi connectivity index (χ3n) is 4.02. The number of aliphatic imine (C=N–C) groups is 1. The Labute approximate surface area is 162 Å². The Morgan fingerprint density at radius 2 is 1.92 bits per heavy atom. The van der Waals surface area contributed by atoms with Crippen LogP contribution in [0, 0.1) is 0 Å². The van der Waals surface area contributed by atoms with Crippen LogP contribution in [0.15, 0.2) is 35.3 Å². The highest BCUT2D eigenvalue weighted by atomic mass is 127. The summed E-state index contributed by atoms with van der Waals surface area (Å²) in [6.45, 7) is 6.25. The van der Waals surface area contributed by atoms with E-state index in [1.54, 1.807) is 4.90 Å². The first kappa shape index (κ1) is 20.7. The number of benzene rings is 1. The van der Waals surface area contributed by atoms with Crippen LogP contribution in [0.4, 0.5) is 0 Å². The number of hydrogen-bond acceptors (Lipinski definition) is 2. The Morgan fingerprint density at radius 1 is 1.25 bits per heavy atom. The second-order valence-corrected chi connectivity index (χ2v) is 5.92. The number of carbonyl (C=O) groups is 1. The fourth-order valence-corrected chi connectivity index (χ4v) is 2.75. The summed E-state index contributed by atoms with van der Waals surface area (Å²) in [4.78, 5) is 20.9. The van der Waals surface area contributed by atoms with Crippen molar-refractivity contribution in [1.82, 2.24) is 15.1 Å². The molecule has 1 heterocycles. The van der Waals surface area contributed by atoms with E-state index >= 15 is 0 Å². The molecule has 24 heavy (non-hydrogen) atoms. The van der Waals surface area contributed by atoms with Crippen LogP contribution in [-0.2, 0) is 11.3 Å². The van der Waals surface area contributed by atoms with Crippen LogP contribution in [0.5, 0.6) is 0 Å². The molecule has 0 unspecified atom stereocenters. The molecule has 5 nitrogen and oxygen atoms in total. The van der Waals surface area contributed by atoms with Crippen LogP contribution in [0.1, 0.15) is 31.7 Å². The van der Waals surface area contributed by atoms with Gasteiger partial charge in [-0.25, -0.2) is 0 Å². The molecule has 1 aliphatic heterocycles. The van der Waals surface area contributed by atoms with Crippen molar-refractivity contribution in [2.45, 2.75) is 32.7 Å². The average molecular weight is 444 g/mol. The molecule has 0 saturated carbocycles. The molecule has 1 aliphatic rings. The lowest BCUT2D eigenvalue weighted by Gasteiger charge is -2.21. The number of nitrogens with one attached hydrogen (secondary N) is 1. The Morgan fingerprint density at radius 3 is 2.54 bits per heavy atom. The van der Waals surface area contributed by atoms with Crippen molar-refractivity contribution in [3.8, 4) is 0 Å². The second-order valence-electron chi connectivity index (χ2n) is 5.92. The third kappa shape index (κ3) is 6.67. The van der Waals surface area contributed by atoms with Gasteiger partial charge >= 0.3 is 0 Å². The number of rotatable bonds is 6. The third-order valence-corrected chi connectivity index (χ3v) is 4.02. The molecule has 0 aromatic heterocycles. The number of halogens is 1. The van der Waals surface area contributed by atoms with Crippen molar-refractivity contribution in [2.75, 3.05) is 33.2 Å². The molecule has 1 amide bonds. The van der Waals surface area contributed by atoms with Crippen LogP contribution in [0.25, 0.3) is 0 Å². The quantitative estimate of drug-likeness (QED) is 0.417. The summed E-state index contributed by atoms with van der Waals surface area (Å²) >= 11 is 0. The summed E-state index contributed by atoms with van der Waals surface area (Å²) in [5.41, 5.74) is 1.15. The molecule has 1 aromatic rings. The van der Waals surface area contributed by atoms with E-state index in [1.165, 1.54) is 12.8 Å². The minimum atomic E-state index is 0. The van der Waals surface area contributed by atoms with E-state index in [0.717, 1.165) is 31.2 Å². The molecule has 0 radical (unpaired) electrons. The Balaban J connectivity index is 0.00000288. The van der Waals surface area contributed by atoms with Gasteiger partial charge in [-0.15, -0.1) is 24.0 Å².